The van der Waals surface area contributed by atoms with Gasteiger partial charge in [-0.15, -0.1) is 11.3 Å². The van der Waals surface area contributed by atoms with Crippen molar-refractivity contribution in [2.75, 3.05) is 5.32 Å². The zero-order valence-corrected chi connectivity index (χ0v) is 12.8. The zero-order chi connectivity index (χ0) is 15.2. The highest BCUT2D eigenvalue weighted by Gasteiger charge is 2.08. The fourth-order valence-electron chi connectivity index (χ4n) is 1.65. The number of carbonyl (C=O) groups excluding carboxylic acids is 1. The topological polar surface area (TPSA) is 95.6 Å². The Hall–Kier alpha value is -2.11. The van der Waals surface area contributed by atoms with Crippen LogP contribution >= 0.6 is 22.9 Å². The van der Waals surface area contributed by atoms with E-state index in [-0.39, 0.29) is 6.03 Å². The average Bonchev–Trinajstić information content (AvgIpc) is 3.00. The van der Waals surface area contributed by atoms with E-state index >= 15 is 0 Å². The number of hydrogen-bond acceptors (Lipinski definition) is 5. The number of urea groups is 1. The number of thiazole rings is 1. The molecule has 2 heterocycles. The lowest BCUT2D eigenvalue weighted by Gasteiger charge is -2.03. The van der Waals surface area contributed by atoms with E-state index in [1.165, 1.54) is 11.3 Å². The molecule has 110 valence electrons. The van der Waals surface area contributed by atoms with Crippen molar-refractivity contribution in [1.82, 2.24) is 20.1 Å². The number of carbonyl (C=O) groups is 1. The molecule has 0 saturated carbocycles. The van der Waals surface area contributed by atoms with Crippen molar-refractivity contribution in [2.45, 2.75) is 26.4 Å². The molecule has 0 saturated heterocycles. The fourth-order valence-corrected chi connectivity index (χ4v) is 2.56. The third-order valence-electron chi connectivity index (χ3n) is 2.61. The molecule has 0 aromatic carbocycles. The monoisotopic (exact) mass is 324 g/mol. The van der Waals surface area contributed by atoms with E-state index in [0.29, 0.717) is 29.8 Å². The Balaban J connectivity index is 1.86. The lowest BCUT2D eigenvalue weighted by atomic mass is 10.4. The van der Waals surface area contributed by atoms with E-state index in [2.05, 4.69) is 26.8 Å². The minimum Gasteiger partial charge on any atom is -0.333 e. The summed E-state index contributed by atoms with van der Waals surface area (Å²) in [6.45, 7) is 2.72. The molecule has 0 bridgehead atoms. The molecular weight excluding hydrogens is 312 g/mol. The molecule has 9 heteroatoms. The molecule has 2 aromatic rings. The smallest absolute Gasteiger partial charge is 0.320 e. The normalized spacial score (nSPS) is 10.1. The number of nitrogens with zero attached hydrogens (tertiary/aromatic N) is 4. The number of hydrogen-bond donors (Lipinski definition) is 2. The van der Waals surface area contributed by atoms with Crippen LogP contribution in [0.3, 0.4) is 0 Å². The number of halogens is 1. The van der Waals surface area contributed by atoms with Crippen LogP contribution in [0.5, 0.6) is 0 Å². The molecule has 2 rings (SSSR count). The molecule has 21 heavy (non-hydrogen) atoms. The Morgan fingerprint density at radius 3 is 3.10 bits per heavy atom. The Morgan fingerprint density at radius 2 is 2.43 bits per heavy atom. The lowest BCUT2D eigenvalue weighted by molar-refractivity contribution is 0.251. The van der Waals surface area contributed by atoms with Crippen LogP contribution in [0, 0.1) is 18.3 Å². The van der Waals surface area contributed by atoms with Crippen LogP contribution in [0.25, 0.3) is 0 Å². The van der Waals surface area contributed by atoms with Crippen LogP contribution in [0.1, 0.15) is 17.0 Å². The summed E-state index contributed by atoms with van der Waals surface area (Å²) in [5.41, 5.74) is 0.884. The second-order valence-corrected chi connectivity index (χ2v) is 5.89. The second-order valence-electron chi connectivity index (χ2n) is 4.19. The van der Waals surface area contributed by atoms with E-state index in [9.17, 15) is 4.79 Å². The van der Waals surface area contributed by atoms with Gasteiger partial charge in [0.25, 0.3) is 0 Å². The molecule has 2 amide bonds. The first-order chi connectivity index (χ1) is 10.1. The van der Waals surface area contributed by atoms with Crippen LogP contribution in [0.15, 0.2) is 12.3 Å². The third-order valence-corrected chi connectivity index (χ3v) is 3.72. The van der Waals surface area contributed by atoms with Gasteiger partial charge in [0.15, 0.2) is 10.3 Å². The Kier molecular flexibility index (Phi) is 5.14. The van der Waals surface area contributed by atoms with Crippen molar-refractivity contribution in [3.8, 4) is 6.07 Å². The van der Waals surface area contributed by atoms with Crippen molar-refractivity contribution < 1.29 is 4.79 Å². The summed E-state index contributed by atoms with van der Waals surface area (Å²) in [6.07, 6.45) is 1.99. The summed E-state index contributed by atoms with van der Waals surface area (Å²) >= 11 is 7.02. The summed E-state index contributed by atoms with van der Waals surface area (Å²) in [5.74, 6) is 0.449. The number of rotatable bonds is 5. The first kappa shape index (κ1) is 15.3. The lowest BCUT2D eigenvalue weighted by Crippen LogP contribution is -2.28. The number of nitrogens with one attached hydrogen (secondary N) is 2. The maximum Gasteiger partial charge on any atom is 0.320 e. The van der Waals surface area contributed by atoms with E-state index in [4.69, 9.17) is 16.9 Å². The third kappa shape index (κ3) is 4.44. The van der Waals surface area contributed by atoms with Crippen molar-refractivity contribution in [3.63, 3.8) is 0 Å². The number of nitriles is 1. The average molecular weight is 325 g/mol. The molecule has 0 aliphatic heterocycles. The van der Waals surface area contributed by atoms with Gasteiger partial charge in [-0.3, -0.25) is 10.00 Å². The number of amides is 2. The largest absolute Gasteiger partial charge is 0.333 e. The zero-order valence-electron chi connectivity index (χ0n) is 11.3. The predicted octanol–water partition coefficient (Wildman–Crippen LogP) is 2.54. The van der Waals surface area contributed by atoms with Crippen LogP contribution in [-0.4, -0.2) is 20.8 Å². The van der Waals surface area contributed by atoms with Crippen LogP contribution < -0.4 is 10.6 Å². The highest BCUT2D eigenvalue weighted by molar-refractivity contribution is 7.15. The van der Waals surface area contributed by atoms with Gasteiger partial charge in [-0.05, 0) is 6.92 Å². The van der Waals surface area contributed by atoms with Gasteiger partial charge in [0.2, 0.25) is 0 Å². The van der Waals surface area contributed by atoms with Crippen molar-refractivity contribution in [1.29, 1.82) is 5.26 Å². The van der Waals surface area contributed by atoms with Gasteiger partial charge < -0.3 is 5.32 Å². The van der Waals surface area contributed by atoms with Crippen LogP contribution in [0.2, 0.25) is 4.47 Å². The van der Waals surface area contributed by atoms with Crippen molar-refractivity contribution in [2.24, 2.45) is 0 Å². The van der Waals surface area contributed by atoms with Crippen molar-refractivity contribution >= 4 is 34.8 Å². The molecule has 0 atom stereocenters. The number of aryl methyl sites for hydroxylation is 2. The van der Waals surface area contributed by atoms with Gasteiger partial charge in [0.05, 0.1) is 25.6 Å². The van der Waals surface area contributed by atoms with Gasteiger partial charge in [0, 0.05) is 22.8 Å². The molecule has 7 nitrogen and oxygen atoms in total. The van der Waals surface area contributed by atoms with Gasteiger partial charge >= 0.3 is 6.03 Å². The summed E-state index contributed by atoms with van der Waals surface area (Å²) in [4.78, 5) is 16.5. The first-order valence-corrected chi connectivity index (χ1v) is 7.34. The number of aromatic nitrogens is 3. The molecule has 2 N–H and O–H groups in total. The first-order valence-electron chi connectivity index (χ1n) is 6.15. The summed E-state index contributed by atoms with van der Waals surface area (Å²) in [7, 11) is 0. The van der Waals surface area contributed by atoms with E-state index in [1.54, 1.807) is 16.9 Å². The highest BCUT2D eigenvalue weighted by Crippen LogP contribution is 2.17. The molecule has 0 spiro atoms. The molecule has 2 aromatic heterocycles. The SMILES string of the molecule is Cc1cc(NC(=O)NCc2cnc(Cl)s2)nn1CCC#N. The summed E-state index contributed by atoms with van der Waals surface area (Å²) in [5, 5.41) is 18.1. The molecule has 0 aliphatic carbocycles. The predicted molar refractivity (Wildman–Crippen MR) is 80.2 cm³/mol. The molecule has 0 aliphatic rings. The molecule has 0 fully saturated rings. The maximum atomic E-state index is 11.8. The van der Waals surface area contributed by atoms with Gasteiger partial charge in [-0.25, -0.2) is 9.78 Å². The van der Waals surface area contributed by atoms with E-state index in [1.807, 2.05) is 6.92 Å². The molecule has 0 unspecified atom stereocenters. The van der Waals surface area contributed by atoms with Gasteiger partial charge in [-0.2, -0.15) is 10.4 Å². The van der Waals surface area contributed by atoms with Crippen molar-refractivity contribution in [3.05, 3.63) is 27.3 Å². The Morgan fingerprint density at radius 1 is 1.62 bits per heavy atom. The summed E-state index contributed by atoms with van der Waals surface area (Å²) in [6, 6.07) is 3.45. The summed E-state index contributed by atoms with van der Waals surface area (Å²) < 4.78 is 2.13. The minimum atomic E-state index is -0.357. The Bertz CT molecular complexity index is 674. The molecule has 0 radical (unpaired) electrons. The van der Waals surface area contributed by atoms with E-state index < -0.39 is 0 Å². The van der Waals surface area contributed by atoms with E-state index in [0.717, 1.165) is 10.6 Å². The van der Waals surface area contributed by atoms with Crippen LogP contribution in [-0.2, 0) is 13.1 Å². The number of anilines is 1. The maximum absolute atomic E-state index is 11.8. The fraction of sp³-hybridized carbons (Fsp3) is 0.333. The Labute approximate surface area is 130 Å². The van der Waals surface area contributed by atoms with Gasteiger partial charge in [-0.1, -0.05) is 11.6 Å². The highest BCUT2D eigenvalue weighted by atomic mass is 35.5. The standard InChI is InChI=1S/C12H13ClN6OS/c1-8-5-10(18-19(8)4-2-3-14)17-12(20)16-7-9-6-15-11(13)21-9/h5-6H,2,4,7H2,1H3,(H2,16,17,18,20). The molecular formula is C12H13ClN6OS. The van der Waals surface area contributed by atoms with Gasteiger partial charge in [0.1, 0.15) is 0 Å². The quantitative estimate of drug-likeness (QED) is 0.883. The minimum absolute atomic E-state index is 0.352. The second kappa shape index (κ2) is 7.06. The van der Waals surface area contributed by atoms with Crippen LogP contribution in [0.4, 0.5) is 10.6 Å².